The Kier molecular flexibility index (Phi) is 9.48. The van der Waals surface area contributed by atoms with Crippen LogP contribution in [0.25, 0.3) is 0 Å². The number of carbonyl (C=O) groups is 1. The quantitative estimate of drug-likeness (QED) is 0.382. The smallest absolute Gasteiger partial charge is 0.247 e. The summed E-state index contributed by atoms with van der Waals surface area (Å²) < 4.78 is 5.73. The fourth-order valence-corrected chi connectivity index (χ4v) is 3.48. The van der Waals surface area contributed by atoms with E-state index in [2.05, 4.69) is 30.2 Å². The summed E-state index contributed by atoms with van der Waals surface area (Å²) in [5, 5.41) is 12.3. The Balaban J connectivity index is 2.13. The van der Waals surface area contributed by atoms with Crippen LogP contribution in [-0.4, -0.2) is 29.2 Å². The molecule has 2 rings (SSSR count). The first-order chi connectivity index (χ1) is 13.6. The molecular formula is C23H36N2O3. The minimum atomic E-state index is 0.00197. The van der Waals surface area contributed by atoms with Crippen LogP contribution in [0.2, 0.25) is 0 Å². The van der Waals surface area contributed by atoms with E-state index in [9.17, 15) is 4.79 Å². The second-order valence-electron chi connectivity index (χ2n) is 7.64. The second-order valence-corrected chi connectivity index (χ2v) is 7.64. The van der Waals surface area contributed by atoms with Gasteiger partial charge < -0.3 is 15.2 Å². The summed E-state index contributed by atoms with van der Waals surface area (Å²) in [6.45, 7) is 6.80. The molecule has 1 amide bonds. The Morgan fingerprint density at radius 2 is 2.14 bits per heavy atom. The van der Waals surface area contributed by atoms with Crippen LogP contribution in [0.1, 0.15) is 82.4 Å². The summed E-state index contributed by atoms with van der Waals surface area (Å²) in [5.74, 6) is 1.14. The van der Waals surface area contributed by atoms with Crippen molar-refractivity contribution < 1.29 is 14.6 Å². The van der Waals surface area contributed by atoms with Crippen molar-refractivity contribution in [3.8, 4) is 5.88 Å². The normalized spacial score (nSPS) is 15.4. The van der Waals surface area contributed by atoms with Crippen LogP contribution in [0.4, 0.5) is 0 Å². The highest BCUT2D eigenvalue weighted by Crippen LogP contribution is 2.43. The summed E-state index contributed by atoms with van der Waals surface area (Å²) in [7, 11) is 0. The van der Waals surface area contributed by atoms with Crippen molar-refractivity contribution in [1.82, 2.24) is 10.3 Å². The van der Waals surface area contributed by atoms with Gasteiger partial charge in [-0.15, -0.1) is 0 Å². The Hall–Kier alpha value is -1.88. The van der Waals surface area contributed by atoms with Gasteiger partial charge in [0.05, 0.1) is 12.6 Å². The summed E-state index contributed by atoms with van der Waals surface area (Å²) in [5.41, 5.74) is 2.98. The lowest BCUT2D eigenvalue weighted by Crippen LogP contribution is -2.31. The van der Waals surface area contributed by atoms with Gasteiger partial charge in [0.1, 0.15) is 0 Å². The molecule has 0 aliphatic heterocycles. The maximum absolute atomic E-state index is 13.0. The topological polar surface area (TPSA) is 71.5 Å². The number of hydrogen-bond acceptors (Lipinski definition) is 4. The number of amides is 1. The zero-order chi connectivity index (χ0) is 20.4. The molecule has 1 aromatic rings. The number of aliphatic hydroxyl groups is 1. The third-order valence-electron chi connectivity index (χ3n) is 5.25. The molecule has 0 spiro atoms. The molecule has 1 heterocycles. The lowest BCUT2D eigenvalue weighted by Gasteiger charge is -2.22. The SMILES string of the molecule is CCC=C(CCCCC)C(=O)NC(c1ccnc(OCCCO)c1C)C1CC1. The lowest BCUT2D eigenvalue weighted by atomic mass is 9.97. The Morgan fingerprint density at radius 3 is 2.79 bits per heavy atom. The molecule has 0 saturated heterocycles. The van der Waals surface area contributed by atoms with Gasteiger partial charge >= 0.3 is 0 Å². The molecule has 1 unspecified atom stereocenters. The highest BCUT2D eigenvalue weighted by atomic mass is 16.5. The molecule has 0 aromatic carbocycles. The van der Waals surface area contributed by atoms with E-state index in [1.165, 1.54) is 0 Å². The fraction of sp³-hybridized carbons (Fsp3) is 0.652. The molecule has 5 heteroatoms. The number of ether oxygens (including phenoxy) is 1. The maximum Gasteiger partial charge on any atom is 0.247 e. The van der Waals surface area contributed by atoms with Gasteiger partial charge in [-0.2, -0.15) is 0 Å². The van der Waals surface area contributed by atoms with E-state index >= 15 is 0 Å². The molecule has 1 aliphatic rings. The molecular weight excluding hydrogens is 352 g/mol. The van der Waals surface area contributed by atoms with Crippen molar-refractivity contribution in [1.29, 1.82) is 0 Å². The summed E-state index contributed by atoms with van der Waals surface area (Å²) in [4.78, 5) is 17.3. The van der Waals surface area contributed by atoms with E-state index in [0.717, 1.165) is 61.6 Å². The molecule has 1 fully saturated rings. The first-order valence-electron chi connectivity index (χ1n) is 10.8. The number of pyridine rings is 1. The van der Waals surface area contributed by atoms with Crippen LogP contribution in [0.3, 0.4) is 0 Å². The predicted molar refractivity (Wildman–Crippen MR) is 112 cm³/mol. The van der Waals surface area contributed by atoms with E-state index in [1.807, 2.05) is 13.0 Å². The van der Waals surface area contributed by atoms with Crippen molar-refractivity contribution in [2.45, 2.75) is 78.2 Å². The third-order valence-corrected chi connectivity index (χ3v) is 5.25. The predicted octanol–water partition coefficient (Wildman–Crippen LogP) is 4.64. The van der Waals surface area contributed by atoms with Gasteiger partial charge in [-0.25, -0.2) is 4.98 Å². The first-order valence-corrected chi connectivity index (χ1v) is 10.8. The standard InChI is InChI=1S/C23H36N2O3/c1-4-6-7-10-19(9-5-2)22(27)25-21(18-11-12-18)20-13-14-24-23(17(20)3)28-16-8-15-26/h9,13-14,18,21,26H,4-8,10-12,15-16H2,1-3H3,(H,25,27). The molecule has 0 bridgehead atoms. The van der Waals surface area contributed by atoms with Crippen LogP contribution in [0.15, 0.2) is 23.9 Å². The van der Waals surface area contributed by atoms with Gasteiger partial charge in [0.15, 0.2) is 0 Å². The number of aromatic nitrogens is 1. The van der Waals surface area contributed by atoms with Gasteiger partial charge in [0, 0.05) is 30.4 Å². The van der Waals surface area contributed by atoms with Gasteiger partial charge in [-0.1, -0.05) is 32.8 Å². The molecule has 1 aliphatic carbocycles. The first kappa shape index (κ1) is 22.4. The third kappa shape index (κ3) is 6.62. The van der Waals surface area contributed by atoms with E-state index in [-0.39, 0.29) is 18.6 Å². The van der Waals surface area contributed by atoms with E-state index in [1.54, 1.807) is 6.20 Å². The van der Waals surface area contributed by atoms with Crippen molar-refractivity contribution in [2.75, 3.05) is 13.2 Å². The number of allylic oxidation sites excluding steroid dienone is 1. The largest absolute Gasteiger partial charge is 0.477 e. The molecule has 1 saturated carbocycles. The van der Waals surface area contributed by atoms with Crippen LogP contribution in [-0.2, 0) is 4.79 Å². The summed E-state index contributed by atoms with van der Waals surface area (Å²) >= 11 is 0. The lowest BCUT2D eigenvalue weighted by molar-refractivity contribution is -0.118. The van der Waals surface area contributed by atoms with Crippen LogP contribution < -0.4 is 10.1 Å². The van der Waals surface area contributed by atoms with E-state index in [0.29, 0.717) is 24.8 Å². The van der Waals surface area contributed by atoms with Crippen LogP contribution >= 0.6 is 0 Å². The van der Waals surface area contributed by atoms with E-state index < -0.39 is 0 Å². The summed E-state index contributed by atoms with van der Waals surface area (Å²) in [6, 6.07) is 2.00. The molecule has 156 valence electrons. The fourth-order valence-electron chi connectivity index (χ4n) is 3.48. The highest BCUT2D eigenvalue weighted by molar-refractivity contribution is 5.93. The number of aliphatic hydroxyl groups excluding tert-OH is 1. The van der Waals surface area contributed by atoms with Gasteiger partial charge in [0.2, 0.25) is 11.8 Å². The number of carbonyl (C=O) groups excluding carboxylic acids is 1. The molecule has 2 N–H and O–H groups in total. The van der Waals surface area contributed by atoms with Crippen LogP contribution in [0, 0.1) is 12.8 Å². The van der Waals surface area contributed by atoms with Crippen molar-refractivity contribution in [3.63, 3.8) is 0 Å². The van der Waals surface area contributed by atoms with Gasteiger partial charge in [-0.05, 0) is 56.6 Å². The highest BCUT2D eigenvalue weighted by Gasteiger charge is 2.35. The van der Waals surface area contributed by atoms with Crippen LogP contribution in [0.5, 0.6) is 5.88 Å². The number of nitrogens with one attached hydrogen (secondary N) is 1. The molecule has 1 atom stereocenters. The molecule has 5 nitrogen and oxygen atoms in total. The van der Waals surface area contributed by atoms with Gasteiger partial charge in [0.25, 0.3) is 0 Å². The maximum atomic E-state index is 13.0. The minimum absolute atomic E-state index is 0.00197. The number of hydrogen-bond donors (Lipinski definition) is 2. The number of unbranched alkanes of at least 4 members (excludes halogenated alkanes) is 2. The molecule has 1 aromatic heterocycles. The summed E-state index contributed by atoms with van der Waals surface area (Å²) in [6.07, 6.45) is 11.7. The van der Waals surface area contributed by atoms with Crippen molar-refractivity contribution in [3.05, 3.63) is 35.0 Å². The second kappa shape index (κ2) is 11.8. The number of nitrogens with zero attached hydrogens (tertiary/aromatic N) is 1. The zero-order valence-corrected chi connectivity index (χ0v) is 17.7. The Labute approximate surface area is 169 Å². The minimum Gasteiger partial charge on any atom is -0.477 e. The zero-order valence-electron chi connectivity index (χ0n) is 17.7. The Bertz CT molecular complexity index is 653. The average molecular weight is 389 g/mol. The number of rotatable bonds is 13. The Morgan fingerprint density at radius 1 is 1.36 bits per heavy atom. The monoisotopic (exact) mass is 388 g/mol. The van der Waals surface area contributed by atoms with Crippen molar-refractivity contribution >= 4 is 5.91 Å². The van der Waals surface area contributed by atoms with E-state index in [4.69, 9.17) is 9.84 Å². The molecule has 28 heavy (non-hydrogen) atoms. The van der Waals surface area contributed by atoms with Gasteiger partial charge in [-0.3, -0.25) is 4.79 Å². The average Bonchev–Trinajstić information content (AvgIpc) is 3.52. The van der Waals surface area contributed by atoms with Crippen molar-refractivity contribution in [2.24, 2.45) is 5.92 Å². The molecule has 0 radical (unpaired) electrons.